The maximum atomic E-state index is 13.2. The third-order valence-electron chi connectivity index (χ3n) is 4.13. The minimum absolute atomic E-state index is 0.0468. The summed E-state index contributed by atoms with van der Waals surface area (Å²) < 4.78 is 13.2. The highest BCUT2D eigenvalue weighted by Gasteiger charge is 2.17. The van der Waals surface area contributed by atoms with E-state index < -0.39 is 0 Å². The number of anilines is 2. The average Bonchev–Trinajstić information content (AvgIpc) is 2.62. The van der Waals surface area contributed by atoms with Crippen LogP contribution in [0.5, 0.6) is 0 Å². The second-order valence-corrected chi connectivity index (χ2v) is 6.39. The van der Waals surface area contributed by atoms with E-state index in [2.05, 4.69) is 23.7 Å². The van der Waals surface area contributed by atoms with Crippen LogP contribution in [0, 0.1) is 5.82 Å². The average molecular weight is 358 g/mol. The van der Waals surface area contributed by atoms with Gasteiger partial charge in [-0.25, -0.2) is 9.37 Å². The molecule has 0 radical (unpaired) electrons. The number of hydrogen-bond donors (Lipinski definition) is 0. The van der Waals surface area contributed by atoms with E-state index in [1.54, 1.807) is 23.2 Å². The van der Waals surface area contributed by atoms with Gasteiger partial charge in [0.1, 0.15) is 11.6 Å². The first-order valence-corrected chi connectivity index (χ1v) is 8.85. The fourth-order valence-corrected chi connectivity index (χ4v) is 2.73. The van der Waals surface area contributed by atoms with Crippen LogP contribution in [0.3, 0.4) is 0 Å². The predicted molar refractivity (Wildman–Crippen MR) is 104 cm³/mol. The first kappa shape index (κ1) is 19.8. The van der Waals surface area contributed by atoms with Crippen LogP contribution in [-0.4, -0.2) is 49.5 Å². The van der Waals surface area contributed by atoms with E-state index in [1.807, 2.05) is 31.1 Å². The first-order valence-electron chi connectivity index (χ1n) is 8.85. The number of benzene rings is 1. The zero-order valence-electron chi connectivity index (χ0n) is 15.9. The Labute approximate surface area is 155 Å². The van der Waals surface area contributed by atoms with Crippen molar-refractivity contribution in [3.8, 4) is 0 Å². The lowest BCUT2D eigenvalue weighted by atomic mass is 10.2. The Kier molecular flexibility index (Phi) is 7.09. The quantitative estimate of drug-likeness (QED) is 0.727. The molecule has 0 aliphatic rings. The minimum atomic E-state index is -0.320. The molecule has 0 atom stereocenters. The van der Waals surface area contributed by atoms with Gasteiger partial charge in [-0.05, 0) is 63.8 Å². The van der Waals surface area contributed by atoms with Crippen molar-refractivity contribution in [1.82, 2.24) is 9.88 Å². The van der Waals surface area contributed by atoms with Gasteiger partial charge in [-0.3, -0.25) is 4.79 Å². The molecule has 2 rings (SSSR count). The van der Waals surface area contributed by atoms with Crippen LogP contribution in [0.2, 0.25) is 0 Å². The molecule has 0 N–H and O–H groups in total. The maximum absolute atomic E-state index is 13.2. The van der Waals surface area contributed by atoms with Crippen LogP contribution in [0.15, 0.2) is 42.6 Å². The van der Waals surface area contributed by atoms with E-state index in [0.717, 1.165) is 24.5 Å². The lowest BCUT2D eigenvalue weighted by Gasteiger charge is -2.25. The van der Waals surface area contributed by atoms with E-state index in [0.29, 0.717) is 12.2 Å². The Morgan fingerprint density at radius 1 is 1.04 bits per heavy atom. The van der Waals surface area contributed by atoms with Crippen molar-refractivity contribution < 1.29 is 9.18 Å². The smallest absolute Gasteiger partial charge is 0.241 e. The zero-order valence-corrected chi connectivity index (χ0v) is 15.9. The fourth-order valence-electron chi connectivity index (χ4n) is 2.73. The monoisotopic (exact) mass is 358 g/mol. The highest BCUT2D eigenvalue weighted by molar-refractivity contribution is 5.94. The molecule has 0 aliphatic heterocycles. The molecular formula is C20H27FN4O. The number of hydrogen-bond acceptors (Lipinski definition) is 4. The number of carbonyl (C=O) groups is 1. The molecule has 0 saturated heterocycles. The normalized spacial score (nSPS) is 10.8. The van der Waals surface area contributed by atoms with Crippen molar-refractivity contribution in [3.63, 3.8) is 0 Å². The SMILES string of the molecule is CCN(CC)c1ccc(CN(C(=O)CN(C)C)c2ccc(F)cc2)cn1. The number of halogens is 1. The number of pyridine rings is 1. The molecule has 1 heterocycles. The highest BCUT2D eigenvalue weighted by Crippen LogP contribution is 2.19. The fraction of sp³-hybridized carbons (Fsp3) is 0.400. The molecule has 1 aromatic carbocycles. The van der Waals surface area contributed by atoms with Crippen molar-refractivity contribution in [3.05, 3.63) is 54.0 Å². The summed E-state index contributed by atoms with van der Waals surface area (Å²) in [6, 6.07) is 9.95. The van der Waals surface area contributed by atoms with Gasteiger partial charge in [-0.1, -0.05) is 6.07 Å². The molecule has 5 nitrogen and oxygen atoms in total. The molecule has 0 saturated carbocycles. The number of likely N-dealkylation sites (N-methyl/N-ethyl adjacent to an activating group) is 1. The van der Waals surface area contributed by atoms with Gasteiger partial charge in [-0.2, -0.15) is 0 Å². The summed E-state index contributed by atoms with van der Waals surface area (Å²) in [6.45, 7) is 6.65. The first-order chi connectivity index (χ1) is 12.4. The summed E-state index contributed by atoms with van der Waals surface area (Å²) in [5, 5.41) is 0. The molecule has 26 heavy (non-hydrogen) atoms. The second-order valence-electron chi connectivity index (χ2n) is 6.39. The van der Waals surface area contributed by atoms with Crippen molar-refractivity contribution in [2.45, 2.75) is 20.4 Å². The van der Waals surface area contributed by atoms with Gasteiger partial charge in [0.05, 0.1) is 13.1 Å². The van der Waals surface area contributed by atoms with Crippen molar-refractivity contribution >= 4 is 17.4 Å². The molecular weight excluding hydrogens is 331 g/mol. The second kappa shape index (κ2) is 9.29. The van der Waals surface area contributed by atoms with Gasteiger partial charge in [0, 0.05) is 25.0 Å². The van der Waals surface area contributed by atoms with Crippen LogP contribution in [0.25, 0.3) is 0 Å². The van der Waals surface area contributed by atoms with E-state index in [4.69, 9.17) is 0 Å². The molecule has 1 aromatic heterocycles. The van der Waals surface area contributed by atoms with Crippen LogP contribution in [-0.2, 0) is 11.3 Å². The van der Waals surface area contributed by atoms with E-state index in [1.165, 1.54) is 12.1 Å². The third-order valence-corrected chi connectivity index (χ3v) is 4.13. The predicted octanol–water partition coefficient (Wildman–Crippen LogP) is 3.16. The van der Waals surface area contributed by atoms with E-state index >= 15 is 0 Å². The van der Waals surface area contributed by atoms with E-state index in [9.17, 15) is 9.18 Å². The minimum Gasteiger partial charge on any atom is -0.357 e. The van der Waals surface area contributed by atoms with Crippen molar-refractivity contribution in [1.29, 1.82) is 0 Å². The Morgan fingerprint density at radius 3 is 2.19 bits per heavy atom. The lowest BCUT2D eigenvalue weighted by molar-refractivity contribution is -0.119. The molecule has 140 valence electrons. The summed E-state index contributed by atoms with van der Waals surface area (Å²) in [5.74, 6) is 0.556. The van der Waals surface area contributed by atoms with Gasteiger partial charge in [-0.15, -0.1) is 0 Å². The summed E-state index contributed by atoms with van der Waals surface area (Å²) in [6.07, 6.45) is 1.80. The number of aromatic nitrogens is 1. The van der Waals surface area contributed by atoms with Gasteiger partial charge >= 0.3 is 0 Å². The van der Waals surface area contributed by atoms with Gasteiger partial charge < -0.3 is 14.7 Å². The highest BCUT2D eigenvalue weighted by atomic mass is 19.1. The summed E-state index contributed by atoms with van der Waals surface area (Å²) in [4.78, 5) is 22.8. The van der Waals surface area contributed by atoms with Crippen molar-refractivity contribution in [2.24, 2.45) is 0 Å². The van der Waals surface area contributed by atoms with Gasteiger partial charge in [0.2, 0.25) is 5.91 Å². The Balaban J connectivity index is 2.23. The summed E-state index contributed by atoms with van der Waals surface area (Å²) in [7, 11) is 3.70. The van der Waals surface area contributed by atoms with Crippen LogP contribution >= 0.6 is 0 Å². The standard InChI is InChI=1S/C20H27FN4O/c1-5-24(6-2)19-12-7-16(13-22-19)14-25(20(26)15-23(3)4)18-10-8-17(21)9-11-18/h7-13H,5-6,14-15H2,1-4H3. The summed E-state index contributed by atoms with van der Waals surface area (Å²) in [5.41, 5.74) is 1.60. The van der Waals surface area contributed by atoms with Crippen LogP contribution < -0.4 is 9.80 Å². The zero-order chi connectivity index (χ0) is 19.1. The summed E-state index contributed by atoms with van der Waals surface area (Å²) >= 11 is 0. The molecule has 0 aliphatic carbocycles. The van der Waals surface area contributed by atoms with E-state index in [-0.39, 0.29) is 18.3 Å². The molecule has 0 unspecified atom stereocenters. The molecule has 1 amide bonds. The van der Waals surface area contributed by atoms with Crippen molar-refractivity contribution in [2.75, 3.05) is 43.5 Å². The molecule has 0 fully saturated rings. The number of amides is 1. The van der Waals surface area contributed by atoms with Crippen LogP contribution in [0.1, 0.15) is 19.4 Å². The lowest BCUT2D eigenvalue weighted by Crippen LogP contribution is -2.37. The topological polar surface area (TPSA) is 39.7 Å². The third kappa shape index (κ3) is 5.26. The van der Waals surface area contributed by atoms with Gasteiger partial charge in [0.25, 0.3) is 0 Å². The molecule has 0 spiro atoms. The molecule has 0 bridgehead atoms. The molecule has 2 aromatic rings. The Bertz CT molecular complexity index is 697. The maximum Gasteiger partial charge on any atom is 0.241 e. The van der Waals surface area contributed by atoms with Gasteiger partial charge in [0.15, 0.2) is 0 Å². The molecule has 6 heteroatoms. The number of carbonyl (C=O) groups excluding carboxylic acids is 1. The van der Waals surface area contributed by atoms with Crippen LogP contribution in [0.4, 0.5) is 15.9 Å². The Morgan fingerprint density at radius 2 is 1.69 bits per heavy atom. The Hall–Kier alpha value is -2.47. The number of rotatable bonds is 8. The largest absolute Gasteiger partial charge is 0.357 e. The number of nitrogens with zero attached hydrogens (tertiary/aromatic N) is 4.